The Hall–Kier alpha value is -2.20. The van der Waals surface area contributed by atoms with Gasteiger partial charge in [-0.25, -0.2) is 0 Å². The number of amides is 1. The Labute approximate surface area is 119 Å². The molecule has 0 aliphatic heterocycles. The van der Waals surface area contributed by atoms with Crippen molar-refractivity contribution in [1.82, 2.24) is 15.6 Å². The van der Waals surface area contributed by atoms with Crippen molar-refractivity contribution < 1.29 is 4.79 Å². The fourth-order valence-electron chi connectivity index (χ4n) is 1.82. The molecule has 0 saturated carbocycles. The number of nitrogens with one attached hydrogen (secondary N) is 2. The zero-order valence-electron chi connectivity index (χ0n) is 11.4. The molecule has 0 atom stereocenters. The lowest BCUT2D eigenvalue weighted by Gasteiger charge is -2.06. The summed E-state index contributed by atoms with van der Waals surface area (Å²) in [5.74, 6) is 0.0658. The summed E-state index contributed by atoms with van der Waals surface area (Å²) in [7, 11) is 0. The SMILES string of the molecule is O=C(CCNCc1ccncc1)NCc1ccccc1. The first kappa shape index (κ1) is 14.2. The van der Waals surface area contributed by atoms with Crippen LogP contribution in [0.15, 0.2) is 54.9 Å². The second-order valence-corrected chi connectivity index (χ2v) is 4.54. The highest BCUT2D eigenvalue weighted by molar-refractivity contribution is 5.76. The van der Waals surface area contributed by atoms with E-state index in [2.05, 4.69) is 15.6 Å². The lowest BCUT2D eigenvalue weighted by Crippen LogP contribution is -2.27. The minimum atomic E-state index is 0.0658. The monoisotopic (exact) mass is 269 g/mol. The van der Waals surface area contributed by atoms with Gasteiger partial charge < -0.3 is 10.6 Å². The molecule has 104 valence electrons. The van der Waals surface area contributed by atoms with Crippen molar-refractivity contribution in [3.05, 3.63) is 66.0 Å². The number of nitrogens with zero attached hydrogens (tertiary/aromatic N) is 1. The number of benzene rings is 1. The van der Waals surface area contributed by atoms with Crippen molar-refractivity contribution in [2.45, 2.75) is 19.5 Å². The molecule has 20 heavy (non-hydrogen) atoms. The van der Waals surface area contributed by atoms with Gasteiger partial charge in [0.05, 0.1) is 0 Å². The highest BCUT2D eigenvalue weighted by atomic mass is 16.1. The molecule has 0 radical (unpaired) electrons. The smallest absolute Gasteiger partial charge is 0.221 e. The van der Waals surface area contributed by atoms with Crippen LogP contribution in [0, 0.1) is 0 Å². The normalized spacial score (nSPS) is 10.2. The van der Waals surface area contributed by atoms with E-state index in [1.165, 1.54) is 5.56 Å². The quantitative estimate of drug-likeness (QED) is 0.755. The first-order chi connectivity index (χ1) is 9.84. The molecule has 0 aliphatic rings. The third kappa shape index (κ3) is 5.20. The van der Waals surface area contributed by atoms with Crippen LogP contribution in [0.5, 0.6) is 0 Å². The minimum absolute atomic E-state index is 0.0658. The number of pyridine rings is 1. The predicted molar refractivity (Wildman–Crippen MR) is 78.8 cm³/mol. The van der Waals surface area contributed by atoms with Crippen LogP contribution in [-0.2, 0) is 17.9 Å². The molecule has 2 aromatic rings. The van der Waals surface area contributed by atoms with Crippen LogP contribution in [0.1, 0.15) is 17.5 Å². The van der Waals surface area contributed by atoms with Gasteiger partial charge in [-0.2, -0.15) is 0 Å². The zero-order valence-corrected chi connectivity index (χ0v) is 11.4. The van der Waals surface area contributed by atoms with E-state index in [0.717, 1.165) is 12.1 Å². The molecule has 0 fully saturated rings. The molecule has 1 aromatic carbocycles. The van der Waals surface area contributed by atoms with Gasteiger partial charge in [-0.3, -0.25) is 9.78 Å². The molecule has 1 amide bonds. The lowest BCUT2D eigenvalue weighted by molar-refractivity contribution is -0.121. The van der Waals surface area contributed by atoms with E-state index >= 15 is 0 Å². The van der Waals surface area contributed by atoms with Gasteiger partial charge in [-0.15, -0.1) is 0 Å². The van der Waals surface area contributed by atoms with Crippen molar-refractivity contribution in [3.63, 3.8) is 0 Å². The Morgan fingerprint density at radius 1 is 0.950 bits per heavy atom. The highest BCUT2D eigenvalue weighted by Gasteiger charge is 2.00. The van der Waals surface area contributed by atoms with Gasteiger partial charge in [-0.1, -0.05) is 30.3 Å². The van der Waals surface area contributed by atoms with Gasteiger partial charge in [0.25, 0.3) is 0 Å². The molecule has 1 heterocycles. The Morgan fingerprint density at radius 3 is 2.40 bits per heavy atom. The van der Waals surface area contributed by atoms with Gasteiger partial charge in [0.2, 0.25) is 5.91 Å². The Balaban J connectivity index is 1.59. The molecule has 2 rings (SSSR count). The number of hydrogen-bond acceptors (Lipinski definition) is 3. The summed E-state index contributed by atoms with van der Waals surface area (Å²) in [6, 6.07) is 13.8. The molecular weight excluding hydrogens is 250 g/mol. The average Bonchev–Trinajstić information content (AvgIpc) is 2.52. The molecule has 0 spiro atoms. The number of hydrogen-bond donors (Lipinski definition) is 2. The van der Waals surface area contributed by atoms with Crippen LogP contribution in [0.2, 0.25) is 0 Å². The first-order valence-electron chi connectivity index (χ1n) is 6.75. The maximum absolute atomic E-state index is 11.7. The summed E-state index contributed by atoms with van der Waals surface area (Å²) in [5, 5.41) is 6.15. The third-order valence-corrected chi connectivity index (χ3v) is 2.94. The van der Waals surface area contributed by atoms with E-state index in [1.807, 2.05) is 42.5 Å². The number of aromatic nitrogens is 1. The molecule has 0 aliphatic carbocycles. The van der Waals surface area contributed by atoms with Gasteiger partial charge in [0.15, 0.2) is 0 Å². The van der Waals surface area contributed by atoms with E-state index < -0.39 is 0 Å². The fraction of sp³-hybridized carbons (Fsp3) is 0.250. The van der Waals surface area contributed by atoms with E-state index in [1.54, 1.807) is 12.4 Å². The summed E-state index contributed by atoms with van der Waals surface area (Å²) in [4.78, 5) is 15.6. The van der Waals surface area contributed by atoms with Crippen LogP contribution in [0.25, 0.3) is 0 Å². The largest absolute Gasteiger partial charge is 0.352 e. The Bertz CT molecular complexity index is 514. The minimum Gasteiger partial charge on any atom is -0.352 e. The van der Waals surface area contributed by atoms with Crippen LogP contribution in [0.3, 0.4) is 0 Å². The van der Waals surface area contributed by atoms with Gasteiger partial charge in [-0.05, 0) is 23.3 Å². The van der Waals surface area contributed by atoms with Gasteiger partial charge in [0, 0.05) is 38.4 Å². The number of rotatable bonds is 7. The van der Waals surface area contributed by atoms with Gasteiger partial charge >= 0.3 is 0 Å². The average molecular weight is 269 g/mol. The maximum Gasteiger partial charge on any atom is 0.221 e. The van der Waals surface area contributed by atoms with Crippen LogP contribution in [0.4, 0.5) is 0 Å². The second-order valence-electron chi connectivity index (χ2n) is 4.54. The van der Waals surface area contributed by atoms with Crippen molar-refractivity contribution in [3.8, 4) is 0 Å². The summed E-state index contributed by atoms with van der Waals surface area (Å²) >= 11 is 0. The van der Waals surface area contributed by atoms with Crippen LogP contribution >= 0.6 is 0 Å². The Morgan fingerprint density at radius 2 is 1.65 bits per heavy atom. The van der Waals surface area contributed by atoms with Crippen molar-refractivity contribution in [2.24, 2.45) is 0 Å². The predicted octanol–water partition coefficient (Wildman–Crippen LogP) is 1.88. The topological polar surface area (TPSA) is 54.0 Å². The number of carbonyl (C=O) groups is 1. The van der Waals surface area contributed by atoms with E-state index in [4.69, 9.17) is 0 Å². The highest BCUT2D eigenvalue weighted by Crippen LogP contribution is 1.97. The molecule has 0 unspecified atom stereocenters. The maximum atomic E-state index is 11.7. The fourth-order valence-corrected chi connectivity index (χ4v) is 1.82. The third-order valence-electron chi connectivity index (χ3n) is 2.94. The standard InChI is InChI=1S/C16H19N3O/c20-16(19-13-14-4-2-1-3-5-14)8-11-18-12-15-6-9-17-10-7-15/h1-7,9-10,18H,8,11-13H2,(H,19,20). The zero-order chi connectivity index (χ0) is 14.0. The molecule has 0 saturated heterocycles. The summed E-state index contributed by atoms with van der Waals surface area (Å²) in [5.41, 5.74) is 2.29. The van der Waals surface area contributed by atoms with E-state index in [0.29, 0.717) is 19.5 Å². The molecule has 0 bridgehead atoms. The van der Waals surface area contributed by atoms with E-state index in [9.17, 15) is 4.79 Å². The Kier molecular flexibility index (Phi) is 5.73. The lowest BCUT2D eigenvalue weighted by atomic mass is 10.2. The van der Waals surface area contributed by atoms with Crippen molar-refractivity contribution in [1.29, 1.82) is 0 Å². The summed E-state index contributed by atoms with van der Waals surface area (Å²) in [6.07, 6.45) is 4.02. The molecule has 1 aromatic heterocycles. The van der Waals surface area contributed by atoms with Crippen molar-refractivity contribution >= 4 is 5.91 Å². The van der Waals surface area contributed by atoms with Crippen LogP contribution in [-0.4, -0.2) is 17.4 Å². The molecule has 4 heteroatoms. The molecule has 2 N–H and O–H groups in total. The van der Waals surface area contributed by atoms with Crippen molar-refractivity contribution in [2.75, 3.05) is 6.54 Å². The van der Waals surface area contributed by atoms with E-state index in [-0.39, 0.29) is 5.91 Å². The summed E-state index contributed by atoms with van der Waals surface area (Å²) in [6.45, 7) is 2.02. The molecular formula is C16H19N3O. The van der Waals surface area contributed by atoms with Gasteiger partial charge in [0.1, 0.15) is 0 Å². The first-order valence-corrected chi connectivity index (χ1v) is 6.75. The number of carbonyl (C=O) groups excluding carboxylic acids is 1. The van der Waals surface area contributed by atoms with Crippen LogP contribution < -0.4 is 10.6 Å². The second kappa shape index (κ2) is 8.07. The molecule has 4 nitrogen and oxygen atoms in total. The summed E-state index contributed by atoms with van der Waals surface area (Å²) < 4.78 is 0.